The highest BCUT2D eigenvalue weighted by molar-refractivity contribution is 9.10. The van der Waals surface area contributed by atoms with Gasteiger partial charge in [0.2, 0.25) is 11.8 Å². The third kappa shape index (κ3) is 4.44. The fraction of sp³-hybridized carbons (Fsp3) is 0.333. The normalized spacial score (nSPS) is 10.2. The molecule has 1 aromatic rings. The van der Waals surface area contributed by atoms with E-state index >= 15 is 0 Å². The molecule has 2 N–H and O–H groups in total. The first kappa shape index (κ1) is 14.6. The molecule has 0 aliphatic rings. The van der Waals surface area contributed by atoms with Gasteiger partial charge in [0.25, 0.3) is 0 Å². The van der Waals surface area contributed by atoms with Gasteiger partial charge in [-0.05, 0) is 30.2 Å². The van der Waals surface area contributed by atoms with Gasteiger partial charge in [-0.2, -0.15) is 0 Å². The Morgan fingerprint density at radius 2 is 2.11 bits per heavy atom. The number of halogens is 2. The number of carbonyl (C=O) groups is 2. The summed E-state index contributed by atoms with van der Waals surface area (Å²) in [6.45, 7) is -0.108. The van der Waals surface area contributed by atoms with Crippen molar-refractivity contribution in [2.45, 2.75) is 12.8 Å². The third-order valence-electron chi connectivity index (χ3n) is 2.43. The highest BCUT2D eigenvalue weighted by atomic mass is 79.9. The van der Waals surface area contributed by atoms with Crippen molar-refractivity contribution in [2.75, 3.05) is 13.6 Å². The number of aryl methyl sites for hydroxylation is 1. The Kier molecular flexibility index (Phi) is 5.27. The highest BCUT2D eigenvalue weighted by Crippen LogP contribution is 2.19. The molecule has 0 aromatic heterocycles. The van der Waals surface area contributed by atoms with Gasteiger partial charge in [-0.15, -0.1) is 0 Å². The molecule has 0 spiro atoms. The van der Waals surface area contributed by atoms with E-state index < -0.39 is 5.91 Å². The van der Waals surface area contributed by atoms with E-state index in [9.17, 15) is 14.0 Å². The zero-order valence-corrected chi connectivity index (χ0v) is 11.5. The smallest absolute Gasteiger partial charge is 0.237 e. The molecule has 0 aliphatic carbocycles. The van der Waals surface area contributed by atoms with Crippen molar-refractivity contribution in [3.63, 3.8) is 0 Å². The van der Waals surface area contributed by atoms with Crippen LogP contribution in [0.15, 0.2) is 22.7 Å². The van der Waals surface area contributed by atoms with Crippen LogP contribution in [0.1, 0.15) is 12.0 Å². The Hall–Kier alpha value is -1.43. The second-order valence-electron chi connectivity index (χ2n) is 3.95. The topological polar surface area (TPSA) is 63.4 Å². The van der Waals surface area contributed by atoms with Crippen LogP contribution in [0.5, 0.6) is 0 Å². The predicted octanol–water partition coefficient (Wildman–Crippen LogP) is 1.46. The van der Waals surface area contributed by atoms with Crippen molar-refractivity contribution < 1.29 is 14.0 Å². The molecule has 6 heteroatoms. The molecule has 0 atom stereocenters. The molecule has 2 amide bonds. The molecular weight excluding hydrogens is 303 g/mol. The lowest BCUT2D eigenvalue weighted by molar-refractivity contribution is -0.133. The van der Waals surface area contributed by atoms with Crippen LogP contribution in [-0.2, 0) is 16.0 Å². The summed E-state index contributed by atoms with van der Waals surface area (Å²) in [6, 6.07) is 4.32. The van der Waals surface area contributed by atoms with Gasteiger partial charge in [0.05, 0.1) is 6.54 Å². The van der Waals surface area contributed by atoms with E-state index in [1.165, 1.54) is 24.1 Å². The predicted molar refractivity (Wildman–Crippen MR) is 69.3 cm³/mol. The molecule has 0 saturated heterocycles. The van der Waals surface area contributed by atoms with Gasteiger partial charge in [-0.1, -0.05) is 15.9 Å². The number of benzene rings is 1. The van der Waals surface area contributed by atoms with Gasteiger partial charge in [0.1, 0.15) is 5.82 Å². The largest absolute Gasteiger partial charge is 0.368 e. The second kappa shape index (κ2) is 6.49. The van der Waals surface area contributed by atoms with Crippen molar-refractivity contribution >= 4 is 27.7 Å². The fourth-order valence-electron chi connectivity index (χ4n) is 1.49. The van der Waals surface area contributed by atoms with Crippen LogP contribution < -0.4 is 5.73 Å². The maximum Gasteiger partial charge on any atom is 0.237 e. The first-order chi connectivity index (χ1) is 8.40. The summed E-state index contributed by atoms with van der Waals surface area (Å²) in [7, 11) is 1.51. The number of primary amides is 1. The van der Waals surface area contributed by atoms with Gasteiger partial charge in [-0.25, -0.2) is 4.39 Å². The molecule has 0 heterocycles. The standard InChI is InChI=1S/C12H14BrFN2O2/c1-16(7-11(15)17)12(18)5-2-8-6-9(14)3-4-10(8)13/h3-4,6H,2,5,7H2,1H3,(H2,15,17). The van der Waals surface area contributed by atoms with Crippen LogP contribution in [0.2, 0.25) is 0 Å². The summed E-state index contributed by atoms with van der Waals surface area (Å²) >= 11 is 3.29. The van der Waals surface area contributed by atoms with Gasteiger partial charge in [-0.3, -0.25) is 9.59 Å². The fourth-order valence-corrected chi connectivity index (χ4v) is 1.93. The van der Waals surface area contributed by atoms with E-state index in [4.69, 9.17) is 5.73 Å². The van der Waals surface area contributed by atoms with E-state index in [0.717, 1.165) is 10.0 Å². The zero-order chi connectivity index (χ0) is 13.7. The summed E-state index contributed by atoms with van der Waals surface area (Å²) in [5, 5.41) is 0. The molecule has 0 aliphatic heterocycles. The number of rotatable bonds is 5. The number of carbonyl (C=O) groups excluding carboxylic acids is 2. The van der Waals surface area contributed by atoms with Gasteiger partial charge >= 0.3 is 0 Å². The first-order valence-corrected chi connectivity index (χ1v) is 6.15. The summed E-state index contributed by atoms with van der Waals surface area (Å²) in [4.78, 5) is 23.6. The number of amides is 2. The quantitative estimate of drug-likeness (QED) is 0.894. The molecule has 0 radical (unpaired) electrons. The van der Waals surface area contributed by atoms with E-state index in [0.29, 0.717) is 6.42 Å². The lowest BCUT2D eigenvalue weighted by atomic mass is 10.1. The van der Waals surface area contributed by atoms with Crippen LogP contribution in [0.3, 0.4) is 0 Å². The van der Waals surface area contributed by atoms with E-state index in [1.807, 2.05) is 0 Å². The average molecular weight is 317 g/mol. The summed E-state index contributed by atoms with van der Waals surface area (Å²) < 4.78 is 13.8. The molecule has 18 heavy (non-hydrogen) atoms. The SMILES string of the molecule is CN(CC(N)=O)C(=O)CCc1cc(F)ccc1Br. The van der Waals surface area contributed by atoms with Crippen LogP contribution in [0.4, 0.5) is 4.39 Å². The number of nitrogens with zero attached hydrogens (tertiary/aromatic N) is 1. The summed E-state index contributed by atoms with van der Waals surface area (Å²) in [5.41, 5.74) is 5.71. The van der Waals surface area contributed by atoms with E-state index in [1.54, 1.807) is 6.07 Å². The molecule has 98 valence electrons. The van der Waals surface area contributed by atoms with Crippen molar-refractivity contribution in [3.8, 4) is 0 Å². The Labute approximate surface area is 113 Å². The monoisotopic (exact) mass is 316 g/mol. The molecule has 0 unspecified atom stereocenters. The van der Waals surface area contributed by atoms with Crippen molar-refractivity contribution in [1.82, 2.24) is 4.90 Å². The Bertz CT molecular complexity index is 465. The molecule has 1 aromatic carbocycles. The second-order valence-corrected chi connectivity index (χ2v) is 4.81. The zero-order valence-electron chi connectivity index (χ0n) is 9.95. The van der Waals surface area contributed by atoms with Crippen LogP contribution >= 0.6 is 15.9 Å². The van der Waals surface area contributed by atoms with Crippen molar-refractivity contribution in [3.05, 3.63) is 34.1 Å². The van der Waals surface area contributed by atoms with Crippen molar-refractivity contribution in [2.24, 2.45) is 5.73 Å². The van der Waals surface area contributed by atoms with Crippen LogP contribution in [0.25, 0.3) is 0 Å². The number of hydrogen-bond donors (Lipinski definition) is 1. The molecule has 4 nitrogen and oxygen atoms in total. The molecule has 0 fully saturated rings. The average Bonchev–Trinajstić information content (AvgIpc) is 2.29. The lowest BCUT2D eigenvalue weighted by Crippen LogP contribution is -2.35. The minimum atomic E-state index is -0.558. The number of likely N-dealkylation sites (N-methyl/N-ethyl adjacent to an activating group) is 1. The minimum absolute atomic E-state index is 0.108. The maximum absolute atomic E-state index is 13.0. The van der Waals surface area contributed by atoms with E-state index in [-0.39, 0.29) is 24.7 Å². The maximum atomic E-state index is 13.0. The molecule has 1 rings (SSSR count). The lowest BCUT2D eigenvalue weighted by Gasteiger charge is -2.15. The van der Waals surface area contributed by atoms with Gasteiger partial charge in [0, 0.05) is 17.9 Å². The highest BCUT2D eigenvalue weighted by Gasteiger charge is 2.12. The van der Waals surface area contributed by atoms with Gasteiger partial charge in [0.15, 0.2) is 0 Å². The van der Waals surface area contributed by atoms with E-state index in [2.05, 4.69) is 15.9 Å². The first-order valence-electron chi connectivity index (χ1n) is 5.36. The minimum Gasteiger partial charge on any atom is -0.368 e. The van der Waals surface area contributed by atoms with Crippen molar-refractivity contribution in [1.29, 1.82) is 0 Å². The van der Waals surface area contributed by atoms with Crippen LogP contribution in [-0.4, -0.2) is 30.3 Å². The summed E-state index contributed by atoms with van der Waals surface area (Å²) in [5.74, 6) is -1.10. The van der Waals surface area contributed by atoms with Gasteiger partial charge < -0.3 is 10.6 Å². The number of nitrogens with two attached hydrogens (primary N) is 1. The third-order valence-corrected chi connectivity index (χ3v) is 3.21. The summed E-state index contributed by atoms with van der Waals surface area (Å²) in [6.07, 6.45) is 0.603. The molecular formula is C12H14BrFN2O2. The number of hydrogen-bond acceptors (Lipinski definition) is 2. The van der Waals surface area contributed by atoms with Crippen LogP contribution in [0, 0.1) is 5.82 Å². The molecule has 0 bridgehead atoms. The Balaban J connectivity index is 2.57. The Morgan fingerprint density at radius 1 is 1.44 bits per heavy atom. The Morgan fingerprint density at radius 3 is 2.72 bits per heavy atom. The molecule has 0 saturated carbocycles.